The zero-order valence-corrected chi connectivity index (χ0v) is 69.8. The Labute approximate surface area is 774 Å². The lowest BCUT2D eigenvalue weighted by Crippen LogP contribution is -2.39. The number of benzene rings is 3. The van der Waals surface area contributed by atoms with E-state index in [9.17, 15) is 8.42 Å². The maximum absolute atomic E-state index is 13.0. The third-order valence-electron chi connectivity index (χ3n) is 13.2. The zero-order valence-electron chi connectivity index (χ0n) is 69.0. The molecule has 9 heteroatoms. The first-order valence-electron chi connectivity index (χ1n) is 35.9. The minimum absolute atomic E-state index is 0.0797. The van der Waals surface area contributed by atoms with Gasteiger partial charge in [-0.05, 0) is 162 Å². The van der Waals surface area contributed by atoms with Gasteiger partial charge in [-0.25, -0.2) is 0 Å². The van der Waals surface area contributed by atoms with Crippen LogP contribution in [0.4, 0.5) is 0 Å². The van der Waals surface area contributed by atoms with E-state index >= 15 is 0 Å². The van der Waals surface area contributed by atoms with Gasteiger partial charge in [-0.2, -0.15) is 8.42 Å². The highest BCUT2D eigenvalue weighted by molar-refractivity contribution is 7.87. The largest absolute Gasteiger partial charge is 0.493 e. The Balaban J connectivity index is 0.000000676. The number of aromatic nitrogens is 1. The summed E-state index contributed by atoms with van der Waals surface area (Å²) in [5.41, 5.74) is 5.63. The van der Waals surface area contributed by atoms with Gasteiger partial charge in [0.15, 0.2) is 23.0 Å². The van der Waals surface area contributed by atoms with Gasteiger partial charge < -0.3 is 23.4 Å². The summed E-state index contributed by atoms with van der Waals surface area (Å²) in [4.78, 5) is 6.10. The first-order valence-corrected chi connectivity index (χ1v) is 37.3. The van der Waals surface area contributed by atoms with Crippen LogP contribution in [0.25, 0.3) is 10.9 Å². The average Bonchev–Trinajstić information content (AvgIpc) is 1.62. The Kier molecular flexibility index (Phi) is 51.1. The average molecular weight is 1670 g/mol. The monoisotopic (exact) mass is 1660 g/mol. The highest BCUT2D eigenvalue weighted by Crippen LogP contribution is 2.45. The predicted octanol–water partition coefficient (Wildman–Crippen LogP) is 5.41. The molecule has 1 unspecified atom stereocenters. The van der Waals surface area contributed by atoms with Crippen LogP contribution in [0.5, 0.6) is 23.0 Å². The molecule has 576 valence electrons. The first kappa shape index (κ1) is 98.2. The smallest absolute Gasteiger partial charge is 0.339 e. The van der Waals surface area contributed by atoms with E-state index in [0.717, 1.165) is 48.0 Å². The molecule has 0 fully saturated rings. The van der Waals surface area contributed by atoms with Gasteiger partial charge in [-0.3, -0.25) is 4.90 Å². The van der Waals surface area contributed by atoms with E-state index in [-0.39, 0.29) is 16.7 Å². The molecule has 3 aromatic carbocycles. The van der Waals surface area contributed by atoms with Crippen molar-refractivity contribution in [3.05, 3.63) is 77.0 Å². The number of nitrogens with one attached hydrogen (secondary N) is 1. The van der Waals surface area contributed by atoms with Gasteiger partial charge in [-0.1, -0.05) is 24.1 Å². The van der Waals surface area contributed by atoms with Crippen molar-refractivity contribution in [2.45, 2.75) is 37.2 Å². The van der Waals surface area contributed by atoms with Gasteiger partial charge >= 0.3 is 10.1 Å². The molecule has 2 aliphatic heterocycles. The van der Waals surface area contributed by atoms with Crippen LogP contribution in [0, 0.1) is 557 Å². The SMILES string of the molecule is C#CC#CC#CC#CC#CC#CC#CC#CC#CC#CC#CC#CC#CC#CC#CC#CC#CC#CC#CC#CC#CC#CC#CC#CC#CC#CC#CC#CC#CC#CC#CC#CC#CC#CC#CC#CC#CC#CC#CC#CC#CC#CC#CC#CC#CC#CC#CC.COc1cc2[nH]c3c(c2cc1OC)CC1c2cc(OS(=O)(=O)c4ccccc4)c(OC)cc2CCN1C3. The fourth-order valence-electron chi connectivity index (χ4n) is 8.44. The zero-order chi connectivity index (χ0) is 93.5. The number of terminal acetylenes is 1. The summed E-state index contributed by atoms with van der Waals surface area (Å²) >= 11 is 0. The van der Waals surface area contributed by atoms with Crippen LogP contribution in [0.15, 0.2) is 59.5 Å². The Morgan fingerprint density at radius 2 is 0.538 bits per heavy atom. The summed E-state index contributed by atoms with van der Waals surface area (Å²) in [5, 5.41) is 1.11. The number of methoxy groups -OCH3 is 3. The van der Waals surface area contributed by atoms with E-state index in [0.29, 0.717) is 17.2 Å². The molecule has 1 N–H and O–H groups in total. The first-order chi connectivity index (χ1) is 65.3. The number of ether oxygens (including phenoxy) is 3. The van der Waals surface area contributed by atoms with Crippen LogP contribution in [-0.4, -0.2) is 46.2 Å². The molecule has 0 radical (unpaired) electrons. The van der Waals surface area contributed by atoms with Crippen molar-refractivity contribution in [2.75, 3.05) is 27.9 Å². The quantitative estimate of drug-likeness (QED) is 0.204. The second-order valence-corrected chi connectivity index (χ2v) is 22.6. The molecule has 0 bridgehead atoms. The molecular weight excluding hydrogens is 1630 g/mol. The normalized spacial score (nSPS) is 7.61. The van der Waals surface area contributed by atoms with Gasteiger partial charge in [0.1, 0.15) is 4.90 Å². The number of hydrogen-bond donors (Lipinski definition) is 1. The molecule has 1 atom stereocenters. The van der Waals surface area contributed by atoms with Crippen LogP contribution in [0.1, 0.15) is 35.3 Å². The topological polar surface area (TPSA) is 90.1 Å². The standard InChI is InChI=1S/C95H4.C28H28N2O6S/c1-3-5-7-9-11-13-15-17-19-21-23-25-27-29-31-33-35-37-39-41-43-45-47-49-51-53-55-57-59-61-63-65-67-69-71-73-75-77-79-81-83-85-87-89-91-93-95-94-92-90-88-86-84-82-80-78-76-74-72-70-68-66-64-62-60-58-56-54-52-50-48-46-44-42-40-38-36-34-32-30-28-26-24-22-20-18-16-14-12-10-8-6-4-2;1-33-25-11-17-9-10-30-16-23-20(21-14-26(34-2)27(35-3)15-22(21)29-23)12-24(30)19(17)13-28(25)36-37(31,32)18-7-5-4-6-8-18/h1H,2H3;4-8,11,13-15,24,29H,9-10,12,16H2,1-3H3. The molecule has 0 aliphatic carbocycles. The molecule has 6 rings (SSSR count). The molecule has 0 saturated carbocycles. The lowest BCUT2D eigenvalue weighted by molar-refractivity contribution is 0.159. The third-order valence-corrected chi connectivity index (χ3v) is 14.5. The van der Waals surface area contributed by atoms with Gasteiger partial charge in [0.05, 0.1) is 21.3 Å². The minimum Gasteiger partial charge on any atom is -0.493 e. The van der Waals surface area contributed by atoms with Gasteiger partial charge in [-0.15, -0.1) is 6.42 Å². The summed E-state index contributed by atoms with van der Waals surface area (Å²) in [7, 11) is 0.792. The highest BCUT2D eigenvalue weighted by Gasteiger charge is 2.36. The number of rotatable bonds is 6. The van der Waals surface area contributed by atoms with E-state index in [1.807, 2.05) is 24.3 Å². The number of hydrogen-bond acceptors (Lipinski definition) is 7. The Hall–Kier alpha value is -24.4. The second kappa shape index (κ2) is 68.7. The van der Waals surface area contributed by atoms with E-state index in [1.54, 1.807) is 39.3 Å². The second-order valence-electron chi connectivity index (χ2n) is 21.1. The molecule has 0 amide bonds. The van der Waals surface area contributed by atoms with Crippen molar-refractivity contribution in [1.82, 2.24) is 9.88 Å². The summed E-state index contributed by atoms with van der Waals surface area (Å²) < 4.78 is 48.2. The summed E-state index contributed by atoms with van der Waals surface area (Å²) in [6.07, 6.45) is 6.56. The molecule has 4 aromatic rings. The Morgan fingerprint density at radius 1 is 0.303 bits per heavy atom. The number of aromatic amines is 1. The van der Waals surface area contributed by atoms with E-state index in [4.69, 9.17) is 24.8 Å². The Bertz CT molecular complexity index is 9100. The van der Waals surface area contributed by atoms with Gasteiger partial charge in [0.2, 0.25) is 0 Å². The molecule has 8 nitrogen and oxygen atoms in total. The summed E-state index contributed by atoms with van der Waals surface area (Å²) in [6, 6.07) is 16.0. The molecule has 1 aromatic heterocycles. The summed E-state index contributed by atoms with van der Waals surface area (Å²) in [6.45, 7) is 3.34. The lowest BCUT2D eigenvalue weighted by Gasteiger charge is -2.40. The van der Waals surface area contributed by atoms with Crippen molar-refractivity contribution >= 4 is 21.0 Å². The van der Waals surface area contributed by atoms with E-state index in [2.05, 4.69) is 560 Å². The van der Waals surface area contributed by atoms with Crippen molar-refractivity contribution in [3.63, 3.8) is 0 Å². The number of fused-ring (bicyclic) bond motifs is 6. The Morgan fingerprint density at radius 3 is 0.780 bits per heavy atom. The maximum atomic E-state index is 13.0. The highest BCUT2D eigenvalue weighted by atomic mass is 32.2. The van der Waals surface area contributed by atoms with Crippen LogP contribution in [-0.2, 0) is 29.5 Å². The minimum atomic E-state index is -4.01. The molecule has 0 saturated heterocycles. The van der Waals surface area contributed by atoms with Gasteiger partial charge in [0.25, 0.3) is 0 Å². The van der Waals surface area contributed by atoms with Crippen molar-refractivity contribution in [2.24, 2.45) is 0 Å². The van der Waals surface area contributed by atoms with Crippen LogP contribution < -0.4 is 18.4 Å². The van der Waals surface area contributed by atoms with Crippen molar-refractivity contribution in [1.29, 1.82) is 0 Å². The number of H-pyrrole nitrogens is 1. The fourth-order valence-corrected chi connectivity index (χ4v) is 9.40. The van der Waals surface area contributed by atoms with E-state index < -0.39 is 10.1 Å². The van der Waals surface area contributed by atoms with Crippen molar-refractivity contribution < 1.29 is 26.8 Å². The van der Waals surface area contributed by atoms with Crippen LogP contribution in [0.3, 0.4) is 0 Å². The molecule has 2 aliphatic rings. The van der Waals surface area contributed by atoms with E-state index in [1.165, 1.54) is 30.5 Å². The molecule has 3 heterocycles. The molecular formula is C123H32N2O6S. The van der Waals surface area contributed by atoms with Crippen LogP contribution in [0.2, 0.25) is 0 Å². The summed E-state index contributed by atoms with van der Waals surface area (Å²) in [5.74, 6) is 234. The van der Waals surface area contributed by atoms with Gasteiger partial charge in [0, 0.05) is 492 Å². The fraction of sp³-hybridized carbons (Fsp3) is 0.0732. The molecule has 132 heavy (non-hydrogen) atoms. The lowest BCUT2D eigenvalue weighted by atomic mass is 9.85. The van der Waals surface area contributed by atoms with Crippen molar-refractivity contribution in [3.8, 4) is 580 Å². The number of nitrogens with zero attached hydrogens (tertiary/aromatic N) is 1. The third kappa shape index (κ3) is 46.5. The van der Waals surface area contributed by atoms with Crippen LogP contribution >= 0.6 is 0 Å². The predicted molar refractivity (Wildman–Crippen MR) is 511 cm³/mol. The molecule has 0 spiro atoms. The maximum Gasteiger partial charge on any atom is 0.339 e.